The highest BCUT2D eigenvalue weighted by Crippen LogP contribution is 2.16. The molecule has 0 radical (unpaired) electrons. The Morgan fingerprint density at radius 3 is 1.94 bits per heavy atom. The van der Waals surface area contributed by atoms with E-state index in [0.717, 1.165) is 19.1 Å². The van der Waals surface area contributed by atoms with Crippen LogP contribution in [-0.2, 0) is 9.53 Å². The summed E-state index contributed by atoms with van der Waals surface area (Å²) in [5.41, 5.74) is -0.0159. The molecule has 0 spiro atoms. The van der Waals surface area contributed by atoms with Gasteiger partial charge in [0.2, 0.25) is 0 Å². The van der Waals surface area contributed by atoms with E-state index in [-0.39, 0.29) is 5.60 Å². The minimum atomic E-state index is -0.0159. The molecule has 0 aliphatic carbocycles. The minimum absolute atomic E-state index is 0.0159. The average Bonchev–Trinajstić information content (AvgIpc) is 2.24. The van der Waals surface area contributed by atoms with Gasteiger partial charge in [0.15, 0.2) is 0 Å². The van der Waals surface area contributed by atoms with Crippen LogP contribution in [0.3, 0.4) is 0 Å². The van der Waals surface area contributed by atoms with E-state index < -0.39 is 0 Å². The summed E-state index contributed by atoms with van der Waals surface area (Å²) in [5, 5.41) is 0. The summed E-state index contributed by atoms with van der Waals surface area (Å²) in [6, 6.07) is 0. The number of carbonyl (C=O) groups excluding carboxylic acids is 1. The second-order valence-electron chi connectivity index (χ2n) is 6.26. The van der Waals surface area contributed by atoms with Gasteiger partial charge in [0.05, 0.1) is 11.7 Å². The van der Waals surface area contributed by atoms with Gasteiger partial charge in [-0.2, -0.15) is 0 Å². The summed E-state index contributed by atoms with van der Waals surface area (Å²) >= 11 is 0. The lowest BCUT2D eigenvalue weighted by atomic mass is 10.1. The quantitative estimate of drug-likeness (QED) is 0.388. The second-order valence-corrected chi connectivity index (χ2v) is 6.26. The predicted molar refractivity (Wildman–Crippen MR) is 77.9 cm³/mol. The summed E-state index contributed by atoms with van der Waals surface area (Å²) in [7, 11) is 0. The fourth-order valence-corrected chi connectivity index (χ4v) is 2.21. The average molecular weight is 256 g/mol. The molecule has 2 heteroatoms. The lowest BCUT2D eigenvalue weighted by Gasteiger charge is -2.25. The Morgan fingerprint density at radius 1 is 0.944 bits per heavy atom. The van der Waals surface area contributed by atoms with Crippen LogP contribution in [0.25, 0.3) is 0 Å². The van der Waals surface area contributed by atoms with E-state index in [1.807, 2.05) is 0 Å². The molecule has 1 unspecified atom stereocenters. The van der Waals surface area contributed by atoms with Crippen molar-refractivity contribution in [1.29, 1.82) is 0 Å². The van der Waals surface area contributed by atoms with Crippen LogP contribution in [0.4, 0.5) is 0 Å². The van der Waals surface area contributed by atoms with Crippen molar-refractivity contribution in [3.63, 3.8) is 0 Å². The van der Waals surface area contributed by atoms with Crippen LogP contribution in [0.5, 0.6) is 0 Å². The Hall–Kier alpha value is -0.370. The topological polar surface area (TPSA) is 26.3 Å². The summed E-state index contributed by atoms with van der Waals surface area (Å²) in [6.45, 7) is 8.51. The summed E-state index contributed by atoms with van der Waals surface area (Å²) < 4.78 is 5.88. The van der Waals surface area contributed by atoms with Crippen LogP contribution in [0.2, 0.25) is 0 Å². The fourth-order valence-electron chi connectivity index (χ4n) is 2.21. The van der Waals surface area contributed by atoms with E-state index in [2.05, 4.69) is 27.7 Å². The van der Waals surface area contributed by atoms with Crippen molar-refractivity contribution in [2.45, 2.75) is 97.2 Å². The molecule has 0 saturated carbocycles. The molecule has 0 aliphatic heterocycles. The van der Waals surface area contributed by atoms with Gasteiger partial charge in [0.1, 0.15) is 6.29 Å². The number of aldehydes is 1. The van der Waals surface area contributed by atoms with E-state index in [4.69, 9.17) is 4.74 Å². The molecular weight excluding hydrogens is 224 g/mol. The van der Waals surface area contributed by atoms with Gasteiger partial charge in [0, 0.05) is 6.42 Å². The third-order valence-electron chi connectivity index (χ3n) is 2.99. The zero-order chi connectivity index (χ0) is 13.9. The second kappa shape index (κ2) is 10.5. The van der Waals surface area contributed by atoms with Gasteiger partial charge in [-0.1, -0.05) is 38.5 Å². The van der Waals surface area contributed by atoms with Crippen LogP contribution in [-0.4, -0.2) is 18.0 Å². The van der Waals surface area contributed by atoms with Gasteiger partial charge in [0.25, 0.3) is 0 Å². The maximum Gasteiger partial charge on any atom is 0.119 e. The lowest BCUT2D eigenvalue weighted by Crippen LogP contribution is -2.25. The van der Waals surface area contributed by atoms with Crippen LogP contribution in [0.15, 0.2) is 0 Å². The number of unbranched alkanes of at least 4 members (excludes halogenated alkanes) is 7. The van der Waals surface area contributed by atoms with E-state index in [1.165, 1.54) is 44.9 Å². The first-order chi connectivity index (χ1) is 8.45. The summed E-state index contributed by atoms with van der Waals surface area (Å²) in [6.07, 6.45) is 12.1. The monoisotopic (exact) mass is 256 g/mol. The third kappa shape index (κ3) is 13.7. The smallest absolute Gasteiger partial charge is 0.119 e. The molecule has 0 bridgehead atoms. The minimum Gasteiger partial charge on any atom is -0.373 e. The van der Waals surface area contributed by atoms with Crippen molar-refractivity contribution in [2.75, 3.05) is 0 Å². The maximum atomic E-state index is 10.1. The number of rotatable bonds is 11. The first kappa shape index (κ1) is 17.6. The van der Waals surface area contributed by atoms with Gasteiger partial charge in [-0.25, -0.2) is 0 Å². The van der Waals surface area contributed by atoms with E-state index >= 15 is 0 Å². The van der Waals surface area contributed by atoms with Crippen LogP contribution in [0, 0.1) is 0 Å². The zero-order valence-electron chi connectivity index (χ0n) is 12.8. The summed E-state index contributed by atoms with van der Waals surface area (Å²) in [5.74, 6) is 0. The highest BCUT2D eigenvalue weighted by molar-refractivity contribution is 5.48. The van der Waals surface area contributed by atoms with Crippen molar-refractivity contribution in [1.82, 2.24) is 0 Å². The molecular formula is C16H32O2. The highest BCUT2D eigenvalue weighted by atomic mass is 16.5. The number of hydrogen-bond acceptors (Lipinski definition) is 2. The third-order valence-corrected chi connectivity index (χ3v) is 2.99. The molecule has 0 heterocycles. The molecule has 108 valence electrons. The molecule has 0 aliphatic rings. The molecule has 1 atom stereocenters. The summed E-state index contributed by atoms with van der Waals surface area (Å²) in [4.78, 5) is 10.1. The molecule has 0 aromatic carbocycles. The SMILES string of the molecule is CC(CCCCCCCCCC=O)OC(C)(C)C. The maximum absolute atomic E-state index is 10.1. The van der Waals surface area contributed by atoms with E-state index in [9.17, 15) is 4.79 Å². The molecule has 2 nitrogen and oxygen atoms in total. The Bertz CT molecular complexity index is 194. The predicted octanol–water partition coefficient (Wildman–Crippen LogP) is 4.90. The van der Waals surface area contributed by atoms with Crippen molar-refractivity contribution < 1.29 is 9.53 Å². The highest BCUT2D eigenvalue weighted by Gasteiger charge is 2.14. The zero-order valence-corrected chi connectivity index (χ0v) is 12.8. The molecule has 0 N–H and O–H groups in total. The molecule has 0 fully saturated rings. The number of carbonyl (C=O) groups is 1. The first-order valence-electron chi connectivity index (χ1n) is 7.57. The van der Waals surface area contributed by atoms with Gasteiger partial charge in [-0.05, 0) is 40.5 Å². The van der Waals surface area contributed by atoms with Crippen molar-refractivity contribution in [3.8, 4) is 0 Å². The Morgan fingerprint density at radius 2 is 1.44 bits per heavy atom. The molecule has 0 aromatic rings. The molecule has 0 rings (SSSR count). The van der Waals surface area contributed by atoms with E-state index in [1.54, 1.807) is 0 Å². The Labute approximate surface area is 113 Å². The standard InChI is InChI=1S/C16H32O2/c1-15(18-16(2,3)4)13-11-9-7-5-6-8-10-12-14-17/h14-15H,5-13H2,1-4H3. The van der Waals surface area contributed by atoms with Crippen LogP contribution < -0.4 is 0 Å². The van der Waals surface area contributed by atoms with Gasteiger partial charge in [-0.15, -0.1) is 0 Å². The van der Waals surface area contributed by atoms with Gasteiger partial charge >= 0.3 is 0 Å². The van der Waals surface area contributed by atoms with Crippen molar-refractivity contribution >= 4 is 6.29 Å². The van der Waals surface area contributed by atoms with E-state index in [0.29, 0.717) is 6.10 Å². The molecule has 18 heavy (non-hydrogen) atoms. The molecule has 0 saturated heterocycles. The fraction of sp³-hybridized carbons (Fsp3) is 0.938. The van der Waals surface area contributed by atoms with Crippen LogP contribution in [0.1, 0.15) is 85.5 Å². The lowest BCUT2D eigenvalue weighted by molar-refractivity contribution is -0.107. The van der Waals surface area contributed by atoms with Gasteiger partial charge in [-0.3, -0.25) is 0 Å². The Kier molecular flexibility index (Phi) is 10.3. The molecule has 0 amide bonds. The van der Waals surface area contributed by atoms with Crippen molar-refractivity contribution in [2.24, 2.45) is 0 Å². The van der Waals surface area contributed by atoms with Crippen molar-refractivity contribution in [3.05, 3.63) is 0 Å². The Balaban J connectivity index is 3.22. The largest absolute Gasteiger partial charge is 0.373 e. The van der Waals surface area contributed by atoms with Gasteiger partial charge < -0.3 is 9.53 Å². The first-order valence-corrected chi connectivity index (χ1v) is 7.57. The normalized spacial score (nSPS) is 13.6. The molecule has 0 aromatic heterocycles. The number of ether oxygens (including phenoxy) is 1. The van der Waals surface area contributed by atoms with Crippen LogP contribution >= 0.6 is 0 Å². The number of hydrogen-bond donors (Lipinski definition) is 0.